The van der Waals surface area contributed by atoms with Crippen LogP contribution in [-0.4, -0.2) is 0 Å². The summed E-state index contributed by atoms with van der Waals surface area (Å²) in [5.41, 5.74) is 12.1. The summed E-state index contributed by atoms with van der Waals surface area (Å²) in [5, 5.41) is 0. The van der Waals surface area contributed by atoms with E-state index in [4.69, 9.17) is 0 Å². The summed E-state index contributed by atoms with van der Waals surface area (Å²) in [7, 11) is 0. The van der Waals surface area contributed by atoms with Crippen LogP contribution in [0.1, 0.15) is 50.3 Å². The lowest BCUT2D eigenvalue weighted by Gasteiger charge is -2.22. The van der Waals surface area contributed by atoms with E-state index in [1.807, 2.05) is 0 Å². The fourth-order valence-corrected chi connectivity index (χ4v) is 4.82. The van der Waals surface area contributed by atoms with E-state index in [-0.39, 0.29) is 5.41 Å². The van der Waals surface area contributed by atoms with Gasteiger partial charge in [-0.1, -0.05) is 107 Å². The highest BCUT2D eigenvalue weighted by molar-refractivity contribution is 5.84. The van der Waals surface area contributed by atoms with Crippen molar-refractivity contribution < 1.29 is 0 Å². The molecule has 0 aromatic heterocycles. The highest BCUT2D eigenvalue weighted by atomic mass is 14.4. The predicted molar refractivity (Wildman–Crippen MR) is 129 cm³/mol. The molecule has 0 bridgehead atoms. The second kappa shape index (κ2) is 6.99. The molecule has 0 spiro atoms. The van der Waals surface area contributed by atoms with Gasteiger partial charge in [0, 0.05) is 5.41 Å². The number of rotatable bonds is 3. The zero-order valence-corrected chi connectivity index (χ0v) is 18.2. The first kappa shape index (κ1) is 18.9. The minimum absolute atomic E-state index is 0.0340. The molecular weight excluding hydrogens is 360 g/mol. The Kier molecular flexibility index (Phi) is 4.40. The lowest BCUT2D eigenvalue weighted by molar-refractivity contribution is 0.660. The van der Waals surface area contributed by atoms with Crippen LogP contribution in [0.4, 0.5) is 0 Å². The van der Waals surface area contributed by atoms with Crippen LogP contribution in [-0.2, 0) is 5.41 Å². The zero-order chi connectivity index (χ0) is 20.9. The Morgan fingerprint density at radius 2 is 1.13 bits per heavy atom. The van der Waals surface area contributed by atoms with Gasteiger partial charge >= 0.3 is 0 Å². The Balaban J connectivity index is 1.55. The van der Waals surface area contributed by atoms with Crippen LogP contribution in [0.25, 0.3) is 33.4 Å². The highest BCUT2D eigenvalue weighted by Gasteiger charge is 2.35. The minimum atomic E-state index is 0.0340. The van der Waals surface area contributed by atoms with Crippen LogP contribution >= 0.6 is 0 Å². The second-order valence-electron chi connectivity index (χ2n) is 9.29. The summed E-state index contributed by atoms with van der Waals surface area (Å²) in [6.07, 6.45) is 0. The van der Waals surface area contributed by atoms with Gasteiger partial charge in [-0.15, -0.1) is 0 Å². The Morgan fingerprint density at radius 1 is 0.533 bits per heavy atom. The van der Waals surface area contributed by atoms with E-state index in [1.165, 1.54) is 50.1 Å². The second-order valence-corrected chi connectivity index (χ2v) is 9.29. The van der Waals surface area contributed by atoms with Crippen molar-refractivity contribution in [1.29, 1.82) is 0 Å². The zero-order valence-electron chi connectivity index (χ0n) is 18.2. The molecule has 0 saturated heterocycles. The summed E-state index contributed by atoms with van der Waals surface area (Å²) in [6, 6.07) is 33.7. The van der Waals surface area contributed by atoms with Crippen molar-refractivity contribution >= 4 is 0 Å². The maximum Gasteiger partial charge on any atom is 0.0159 e. The molecule has 0 saturated carbocycles. The highest BCUT2D eigenvalue weighted by Crippen LogP contribution is 2.49. The standard InChI is InChI=1S/C30H28/c1-20(2)21-12-14-22(15-13-21)23-8-7-9-24(18-23)25-16-17-27-26-10-5-6-11-28(26)30(3,4)29(27)19-25/h5-20H,1-4H3. The van der Waals surface area contributed by atoms with E-state index < -0.39 is 0 Å². The van der Waals surface area contributed by atoms with Crippen molar-refractivity contribution in [1.82, 2.24) is 0 Å². The van der Waals surface area contributed by atoms with E-state index in [0.29, 0.717) is 5.92 Å². The average Bonchev–Trinajstić information content (AvgIpc) is 3.01. The maximum atomic E-state index is 2.40. The van der Waals surface area contributed by atoms with Gasteiger partial charge in [-0.05, 0) is 68.1 Å². The third kappa shape index (κ3) is 2.99. The van der Waals surface area contributed by atoms with Gasteiger partial charge in [-0.2, -0.15) is 0 Å². The van der Waals surface area contributed by atoms with E-state index in [1.54, 1.807) is 0 Å². The van der Waals surface area contributed by atoms with Crippen LogP contribution in [0.2, 0.25) is 0 Å². The van der Waals surface area contributed by atoms with Crippen molar-refractivity contribution in [3.63, 3.8) is 0 Å². The molecule has 1 aliphatic rings. The minimum Gasteiger partial charge on any atom is -0.0619 e. The van der Waals surface area contributed by atoms with E-state index >= 15 is 0 Å². The Morgan fingerprint density at radius 3 is 1.87 bits per heavy atom. The van der Waals surface area contributed by atoms with Gasteiger partial charge in [0.1, 0.15) is 0 Å². The van der Waals surface area contributed by atoms with E-state index in [9.17, 15) is 0 Å². The molecule has 4 aromatic rings. The first-order chi connectivity index (χ1) is 14.4. The van der Waals surface area contributed by atoms with Gasteiger partial charge in [0.15, 0.2) is 0 Å². The van der Waals surface area contributed by atoms with Gasteiger partial charge in [-0.25, -0.2) is 0 Å². The monoisotopic (exact) mass is 388 g/mol. The molecular formula is C30H28. The quantitative estimate of drug-likeness (QED) is 0.330. The molecule has 4 aromatic carbocycles. The van der Waals surface area contributed by atoms with E-state index in [2.05, 4.69) is 119 Å². The van der Waals surface area contributed by atoms with Gasteiger partial charge in [-0.3, -0.25) is 0 Å². The summed E-state index contributed by atoms with van der Waals surface area (Å²) in [6.45, 7) is 9.16. The Hall–Kier alpha value is -3.12. The molecule has 0 nitrogen and oxygen atoms in total. The van der Waals surface area contributed by atoms with Gasteiger partial charge in [0.05, 0.1) is 0 Å². The fraction of sp³-hybridized carbons (Fsp3) is 0.200. The van der Waals surface area contributed by atoms with Crippen molar-refractivity contribution in [3.05, 3.63) is 108 Å². The molecule has 148 valence electrons. The number of hydrogen-bond donors (Lipinski definition) is 0. The smallest absolute Gasteiger partial charge is 0.0159 e. The average molecular weight is 389 g/mol. The molecule has 5 rings (SSSR count). The molecule has 0 heteroatoms. The first-order valence-corrected chi connectivity index (χ1v) is 10.9. The number of fused-ring (bicyclic) bond motifs is 3. The molecule has 0 amide bonds. The summed E-state index contributed by atoms with van der Waals surface area (Å²) in [5.74, 6) is 0.560. The van der Waals surface area contributed by atoms with Crippen molar-refractivity contribution in [2.45, 2.75) is 39.0 Å². The van der Waals surface area contributed by atoms with Gasteiger partial charge in [0.25, 0.3) is 0 Å². The van der Waals surface area contributed by atoms with Crippen LogP contribution in [0.3, 0.4) is 0 Å². The fourth-order valence-electron chi connectivity index (χ4n) is 4.82. The molecule has 30 heavy (non-hydrogen) atoms. The number of benzene rings is 4. The van der Waals surface area contributed by atoms with E-state index in [0.717, 1.165) is 0 Å². The molecule has 0 heterocycles. The van der Waals surface area contributed by atoms with Crippen LogP contribution in [0, 0.1) is 0 Å². The van der Waals surface area contributed by atoms with Crippen LogP contribution in [0.15, 0.2) is 91.0 Å². The molecule has 0 aliphatic heterocycles. The molecule has 0 N–H and O–H groups in total. The molecule has 1 aliphatic carbocycles. The SMILES string of the molecule is CC(C)c1ccc(-c2cccc(-c3ccc4c(c3)C(C)(C)c3ccccc3-4)c2)cc1. The topological polar surface area (TPSA) is 0 Å². The van der Waals surface area contributed by atoms with Crippen LogP contribution < -0.4 is 0 Å². The molecule has 0 radical (unpaired) electrons. The number of hydrogen-bond acceptors (Lipinski definition) is 0. The lowest BCUT2D eigenvalue weighted by Crippen LogP contribution is -2.14. The largest absolute Gasteiger partial charge is 0.0619 e. The summed E-state index contributed by atoms with van der Waals surface area (Å²) < 4.78 is 0. The Bertz CT molecular complexity index is 1220. The lowest BCUT2D eigenvalue weighted by atomic mass is 9.81. The van der Waals surface area contributed by atoms with Gasteiger partial charge < -0.3 is 0 Å². The maximum absolute atomic E-state index is 2.40. The molecule has 0 unspecified atom stereocenters. The van der Waals surface area contributed by atoms with Crippen molar-refractivity contribution in [2.75, 3.05) is 0 Å². The van der Waals surface area contributed by atoms with Crippen molar-refractivity contribution in [2.24, 2.45) is 0 Å². The molecule has 0 atom stereocenters. The van der Waals surface area contributed by atoms with Crippen LogP contribution in [0.5, 0.6) is 0 Å². The Labute approximate surface area is 180 Å². The van der Waals surface area contributed by atoms with Crippen molar-refractivity contribution in [3.8, 4) is 33.4 Å². The van der Waals surface area contributed by atoms with Gasteiger partial charge in [0.2, 0.25) is 0 Å². The summed E-state index contributed by atoms with van der Waals surface area (Å²) >= 11 is 0. The predicted octanol–water partition coefficient (Wildman–Crippen LogP) is 8.45. The third-order valence-electron chi connectivity index (χ3n) is 6.69. The summed E-state index contributed by atoms with van der Waals surface area (Å²) in [4.78, 5) is 0. The first-order valence-electron chi connectivity index (χ1n) is 10.9. The third-order valence-corrected chi connectivity index (χ3v) is 6.69. The normalized spacial score (nSPS) is 13.9. The molecule has 0 fully saturated rings.